The lowest BCUT2D eigenvalue weighted by Gasteiger charge is -2.27. The van der Waals surface area contributed by atoms with Crippen LogP contribution in [0.1, 0.15) is 30.0 Å². The summed E-state index contributed by atoms with van der Waals surface area (Å²) in [6, 6.07) is 4.25. The summed E-state index contributed by atoms with van der Waals surface area (Å²) in [5, 5.41) is 13.8. The summed E-state index contributed by atoms with van der Waals surface area (Å²) < 4.78 is 5.41. The highest BCUT2D eigenvalue weighted by molar-refractivity contribution is 5.77. The summed E-state index contributed by atoms with van der Waals surface area (Å²) in [6.07, 6.45) is 1.32. The molecule has 2 atom stereocenters. The molecule has 0 saturated carbocycles. The van der Waals surface area contributed by atoms with Gasteiger partial charge in [0, 0.05) is 24.2 Å². The molecule has 1 aromatic rings. The molecule has 0 bridgehead atoms. The first-order valence-corrected chi connectivity index (χ1v) is 6.33. The molecule has 100 valence electrons. The summed E-state index contributed by atoms with van der Waals surface area (Å²) in [6.45, 7) is 0.647. The molecule has 6 heteroatoms. The van der Waals surface area contributed by atoms with E-state index in [2.05, 4.69) is 5.32 Å². The van der Waals surface area contributed by atoms with Crippen LogP contribution in [0.3, 0.4) is 0 Å². The Kier molecular flexibility index (Phi) is 2.85. The van der Waals surface area contributed by atoms with Crippen LogP contribution >= 0.6 is 0 Å². The van der Waals surface area contributed by atoms with Gasteiger partial charge in [-0.15, -0.1) is 0 Å². The van der Waals surface area contributed by atoms with Crippen LogP contribution in [0.2, 0.25) is 0 Å². The average molecular weight is 262 g/mol. The number of amides is 1. The number of nitro groups is 1. The molecule has 1 saturated heterocycles. The SMILES string of the molecule is O=C1CCC([N+](=O)[O-])C(c2ccc3c(c2)CCO3)N1. The first kappa shape index (κ1) is 12.0. The highest BCUT2D eigenvalue weighted by Gasteiger charge is 2.38. The molecule has 19 heavy (non-hydrogen) atoms. The second kappa shape index (κ2) is 4.53. The first-order chi connectivity index (χ1) is 9.15. The van der Waals surface area contributed by atoms with Gasteiger partial charge in [-0.3, -0.25) is 14.9 Å². The fraction of sp³-hybridized carbons (Fsp3) is 0.462. The third-order valence-electron chi connectivity index (χ3n) is 3.71. The summed E-state index contributed by atoms with van der Waals surface area (Å²) >= 11 is 0. The van der Waals surface area contributed by atoms with Gasteiger partial charge in [-0.05, 0) is 23.3 Å². The van der Waals surface area contributed by atoms with E-state index in [1.54, 1.807) is 6.07 Å². The molecule has 3 rings (SSSR count). The van der Waals surface area contributed by atoms with Gasteiger partial charge in [-0.2, -0.15) is 0 Å². The monoisotopic (exact) mass is 262 g/mol. The van der Waals surface area contributed by atoms with Gasteiger partial charge in [-0.1, -0.05) is 6.07 Å². The predicted octanol–water partition coefficient (Wildman–Crippen LogP) is 1.22. The number of rotatable bonds is 2. The summed E-state index contributed by atoms with van der Waals surface area (Å²) in [5.74, 6) is 0.711. The molecular formula is C13H14N2O4. The van der Waals surface area contributed by atoms with Crippen molar-refractivity contribution < 1.29 is 14.5 Å². The molecule has 2 aliphatic rings. The predicted molar refractivity (Wildman–Crippen MR) is 66.5 cm³/mol. The lowest BCUT2D eigenvalue weighted by molar-refractivity contribution is -0.529. The molecule has 1 N–H and O–H groups in total. The second-order valence-corrected chi connectivity index (χ2v) is 4.90. The zero-order valence-corrected chi connectivity index (χ0v) is 10.3. The van der Waals surface area contributed by atoms with Gasteiger partial charge in [-0.25, -0.2) is 0 Å². The van der Waals surface area contributed by atoms with Crippen molar-refractivity contribution in [1.82, 2.24) is 5.32 Å². The molecule has 1 aromatic carbocycles. The van der Waals surface area contributed by atoms with Crippen molar-refractivity contribution in [3.05, 3.63) is 39.4 Å². The zero-order valence-electron chi connectivity index (χ0n) is 10.3. The smallest absolute Gasteiger partial charge is 0.237 e. The van der Waals surface area contributed by atoms with E-state index in [0.29, 0.717) is 6.61 Å². The van der Waals surface area contributed by atoms with Crippen LogP contribution in [0.25, 0.3) is 0 Å². The van der Waals surface area contributed by atoms with Crippen LogP contribution in [-0.4, -0.2) is 23.5 Å². The van der Waals surface area contributed by atoms with Crippen LogP contribution in [0.5, 0.6) is 5.75 Å². The van der Waals surface area contributed by atoms with Gasteiger partial charge in [0.05, 0.1) is 6.61 Å². The molecule has 6 nitrogen and oxygen atoms in total. The lowest BCUT2D eigenvalue weighted by atomic mass is 9.91. The molecule has 1 amide bonds. The third kappa shape index (κ3) is 2.14. The Morgan fingerprint density at radius 3 is 3.00 bits per heavy atom. The van der Waals surface area contributed by atoms with Gasteiger partial charge in [0.2, 0.25) is 11.9 Å². The first-order valence-electron chi connectivity index (χ1n) is 6.33. The van der Waals surface area contributed by atoms with E-state index in [1.165, 1.54) is 0 Å². The maximum atomic E-state index is 11.5. The molecule has 0 radical (unpaired) electrons. The Balaban J connectivity index is 1.93. The van der Waals surface area contributed by atoms with Gasteiger partial charge in [0.15, 0.2) is 0 Å². The second-order valence-electron chi connectivity index (χ2n) is 4.90. The summed E-state index contributed by atoms with van der Waals surface area (Å²) in [5.41, 5.74) is 1.85. The fourth-order valence-corrected chi connectivity index (χ4v) is 2.72. The minimum absolute atomic E-state index is 0.125. The Hall–Kier alpha value is -2.11. The number of hydrogen-bond acceptors (Lipinski definition) is 4. The number of carbonyl (C=O) groups excluding carboxylic acids is 1. The quantitative estimate of drug-likeness (QED) is 0.641. The molecule has 0 aliphatic carbocycles. The van der Waals surface area contributed by atoms with Crippen molar-refractivity contribution in [3.63, 3.8) is 0 Å². The number of carbonyl (C=O) groups is 1. The zero-order chi connectivity index (χ0) is 13.4. The van der Waals surface area contributed by atoms with Crippen molar-refractivity contribution >= 4 is 5.91 Å². The van der Waals surface area contributed by atoms with Gasteiger partial charge < -0.3 is 10.1 Å². The Morgan fingerprint density at radius 2 is 2.21 bits per heavy atom. The molecule has 2 unspecified atom stereocenters. The highest BCUT2D eigenvalue weighted by Crippen LogP contribution is 2.32. The lowest BCUT2D eigenvalue weighted by Crippen LogP contribution is -2.45. The van der Waals surface area contributed by atoms with E-state index in [4.69, 9.17) is 4.74 Å². The summed E-state index contributed by atoms with van der Waals surface area (Å²) in [4.78, 5) is 22.3. The van der Waals surface area contributed by atoms with E-state index in [1.807, 2.05) is 12.1 Å². The number of ether oxygens (including phenoxy) is 1. The number of benzene rings is 1. The van der Waals surface area contributed by atoms with Crippen LogP contribution in [-0.2, 0) is 11.2 Å². The number of nitrogens with zero attached hydrogens (tertiary/aromatic N) is 1. The van der Waals surface area contributed by atoms with Crippen molar-refractivity contribution in [1.29, 1.82) is 0 Å². The minimum atomic E-state index is -0.752. The fourth-order valence-electron chi connectivity index (χ4n) is 2.72. The normalized spacial score (nSPS) is 25.4. The van der Waals surface area contributed by atoms with Crippen molar-refractivity contribution in [3.8, 4) is 5.75 Å². The Labute approximate surface area is 109 Å². The number of piperidine rings is 1. The van der Waals surface area contributed by atoms with E-state index < -0.39 is 12.1 Å². The molecule has 0 aromatic heterocycles. The average Bonchev–Trinajstić information content (AvgIpc) is 2.85. The Morgan fingerprint density at radius 1 is 1.37 bits per heavy atom. The number of nitrogens with one attached hydrogen (secondary N) is 1. The molecule has 2 aliphatic heterocycles. The third-order valence-corrected chi connectivity index (χ3v) is 3.71. The topological polar surface area (TPSA) is 81.5 Å². The van der Waals surface area contributed by atoms with E-state index in [9.17, 15) is 14.9 Å². The van der Waals surface area contributed by atoms with Crippen molar-refractivity contribution in [2.45, 2.75) is 31.3 Å². The highest BCUT2D eigenvalue weighted by atomic mass is 16.6. The van der Waals surface area contributed by atoms with Crippen LogP contribution in [0.4, 0.5) is 0 Å². The molecule has 0 spiro atoms. The van der Waals surface area contributed by atoms with E-state index >= 15 is 0 Å². The number of fused-ring (bicyclic) bond motifs is 1. The standard InChI is InChI=1S/C13H14N2O4/c16-12-4-2-10(15(17)18)13(14-12)9-1-3-11-8(7-9)5-6-19-11/h1,3,7,10,13H,2,4-6H2,(H,14,16). The Bertz CT molecular complexity index is 543. The van der Waals surface area contributed by atoms with Crippen LogP contribution in [0, 0.1) is 10.1 Å². The minimum Gasteiger partial charge on any atom is -0.493 e. The summed E-state index contributed by atoms with van der Waals surface area (Å²) in [7, 11) is 0. The maximum absolute atomic E-state index is 11.5. The van der Waals surface area contributed by atoms with Crippen LogP contribution < -0.4 is 10.1 Å². The van der Waals surface area contributed by atoms with Gasteiger partial charge in [0.1, 0.15) is 11.8 Å². The van der Waals surface area contributed by atoms with Gasteiger partial charge >= 0.3 is 0 Å². The van der Waals surface area contributed by atoms with Crippen LogP contribution in [0.15, 0.2) is 18.2 Å². The maximum Gasteiger partial charge on any atom is 0.237 e. The number of hydrogen-bond donors (Lipinski definition) is 1. The molecule has 1 fully saturated rings. The molecule has 2 heterocycles. The van der Waals surface area contributed by atoms with Gasteiger partial charge in [0.25, 0.3) is 0 Å². The largest absolute Gasteiger partial charge is 0.493 e. The van der Waals surface area contributed by atoms with E-state index in [-0.39, 0.29) is 23.7 Å². The molecular weight excluding hydrogens is 248 g/mol. The van der Waals surface area contributed by atoms with E-state index in [0.717, 1.165) is 23.3 Å². The van der Waals surface area contributed by atoms with Crippen molar-refractivity contribution in [2.24, 2.45) is 0 Å². The van der Waals surface area contributed by atoms with Crippen molar-refractivity contribution in [2.75, 3.05) is 6.61 Å².